The smallest absolute Gasteiger partial charge is 0.119 e. The molecule has 1 aliphatic rings. The third kappa shape index (κ3) is 3.45. The van der Waals surface area contributed by atoms with Gasteiger partial charge < -0.3 is 19.7 Å². The molecule has 1 unspecified atom stereocenters. The summed E-state index contributed by atoms with van der Waals surface area (Å²) in [6, 6.07) is 6.36. The van der Waals surface area contributed by atoms with Crippen LogP contribution in [0.1, 0.15) is 17.2 Å². The van der Waals surface area contributed by atoms with E-state index in [0.717, 1.165) is 32.0 Å². The number of ether oxygens (including phenoxy) is 2. The lowest BCUT2D eigenvalue weighted by Crippen LogP contribution is -2.33. The molecule has 1 atom stereocenters. The largest absolute Gasteiger partial charge is 0.497 e. The van der Waals surface area contributed by atoms with Crippen molar-refractivity contribution >= 4 is 0 Å². The molecule has 0 spiro atoms. The standard InChI is InChI=1S/C14H22N2O2/c1-16(2)10-11-6-12(8-13(7-11)17-3)14-9-15-4-5-18-14/h6-8,14-15H,4-5,9-10H2,1-3H3. The van der Waals surface area contributed by atoms with E-state index in [4.69, 9.17) is 9.47 Å². The average molecular weight is 250 g/mol. The van der Waals surface area contributed by atoms with Gasteiger partial charge in [-0.1, -0.05) is 6.07 Å². The van der Waals surface area contributed by atoms with Crippen molar-refractivity contribution in [2.24, 2.45) is 0 Å². The summed E-state index contributed by atoms with van der Waals surface area (Å²) in [7, 11) is 5.84. The van der Waals surface area contributed by atoms with Crippen molar-refractivity contribution in [2.75, 3.05) is 40.9 Å². The lowest BCUT2D eigenvalue weighted by molar-refractivity contribution is 0.0275. The van der Waals surface area contributed by atoms with Crippen LogP contribution in [-0.2, 0) is 11.3 Å². The molecule has 4 heteroatoms. The molecule has 1 fully saturated rings. The van der Waals surface area contributed by atoms with Crippen molar-refractivity contribution in [1.82, 2.24) is 10.2 Å². The molecule has 1 aromatic carbocycles. The molecular formula is C14H22N2O2. The van der Waals surface area contributed by atoms with Gasteiger partial charge in [0.2, 0.25) is 0 Å². The van der Waals surface area contributed by atoms with Crippen LogP contribution < -0.4 is 10.1 Å². The number of hydrogen-bond acceptors (Lipinski definition) is 4. The highest BCUT2D eigenvalue weighted by atomic mass is 16.5. The van der Waals surface area contributed by atoms with Crippen molar-refractivity contribution in [3.8, 4) is 5.75 Å². The quantitative estimate of drug-likeness (QED) is 0.876. The Kier molecular flexibility index (Phi) is 4.58. The minimum atomic E-state index is 0.134. The minimum absolute atomic E-state index is 0.134. The Bertz CT molecular complexity index is 387. The van der Waals surface area contributed by atoms with Crippen LogP contribution >= 0.6 is 0 Å². The fraction of sp³-hybridized carbons (Fsp3) is 0.571. The van der Waals surface area contributed by atoms with E-state index >= 15 is 0 Å². The molecule has 0 aromatic heterocycles. The van der Waals surface area contributed by atoms with Gasteiger partial charge in [0, 0.05) is 19.6 Å². The molecule has 2 rings (SSSR count). The first-order valence-corrected chi connectivity index (χ1v) is 6.34. The van der Waals surface area contributed by atoms with Gasteiger partial charge in [-0.05, 0) is 37.4 Å². The van der Waals surface area contributed by atoms with Gasteiger partial charge in [-0.2, -0.15) is 0 Å². The molecule has 0 saturated carbocycles. The summed E-state index contributed by atoms with van der Waals surface area (Å²) >= 11 is 0. The number of nitrogens with zero attached hydrogens (tertiary/aromatic N) is 1. The van der Waals surface area contributed by atoms with E-state index in [2.05, 4.69) is 42.5 Å². The Morgan fingerprint density at radius 1 is 1.39 bits per heavy atom. The molecule has 0 radical (unpaired) electrons. The number of methoxy groups -OCH3 is 1. The fourth-order valence-corrected chi connectivity index (χ4v) is 2.23. The Morgan fingerprint density at radius 2 is 2.22 bits per heavy atom. The van der Waals surface area contributed by atoms with E-state index in [-0.39, 0.29) is 6.10 Å². The van der Waals surface area contributed by atoms with Crippen molar-refractivity contribution in [3.05, 3.63) is 29.3 Å². The lowest BCUT2D eigenvalue weighted by atomic mass is 10.0. The highest BCUT2D eigenvalue weighted by molar-refractivity contribution is 5.36. The van der Waals surface area contributed by atoms with Crippen LogP contribution in [0, 0.1) is 0 Å². The molecule has 1 aromatic rings. The van der Waals surface area contributed by atoms with Crippen molar-refractivity contribution < 1.29 is 9.47 Å². The summed E-state index contributed by atoms with van der Waals surface area (Å²) < 4.78 is 11.2. The zero-order chi connectivity index (χ0) is 13.0. The second-order valence-corrected chi connectivity index (χ2v) is 4.92. The number of morpholine rings is 1. The second kappa shape index (κ2) is 6.18. The Hall–Kier alpha value is -1.10. The van der Waals surface area contributed by atoms with Crippen molar-refractivity contribution in [1.29, 1.82) is 0 Å². The first-order chi connectivity index (χ1) is 8.69. The van der Waals surface area contributed by atoms with Gasteiger partial charge in [0.1, 0.15) is 5.75 Å². The zero-order valence-corrected chi connectivity index (χ0v) is 11.4. The Labute approximate surface area is 109 Å². The Balaban J connectivity index is 2.22. The normalized spacial score (nSPS) is 20.1. The fourth-order valence-electron chi connectivity index (χ4n) is 2.23. The van der Waals surface area contributed by atoms with Crippen LogP contribution in [0.4, 0.5) is 0 Å². The maximum atomic E-state index is 5.79. The molecule has 1 aliphatic heterocycles. The van der Waals surface area contributed by atoms with Crippen LogP contribution in [0.5, 0.6) is 5.75 Å². The molecular weight excluding hydrogens is 228 g/mol. The van der Waals surface area contributed by atoms with Crippen LogP contribution in [0.3, 0.4) is 0 Å². The van der Waals surface area contributed by atoms with Crippen LogP contribution in [0.15, 0.2) is 18.2 Å². The van der Waals surface area contributed by atoms with Gasteiger partial charge in [0.15, 0.2) is 0 Å². The molecule has 0 aliphatic carbocycles. The van der Waals surface area contributed by atoms with Crippen LogP contribution in [0.2, 0.25) is 0 Å². The molecule has 0 amide bonds. The maximum Gasteiger partial charge on any atom is 0.119 e. The molecule has 18 heavy (non-hydrogen) atoms. The van der Waals surface area contributed by atoms with Gasteiger partial charge in [-0.3, -0.25) is 0 Å². The van der Waals surface area contributed by atoms with E-state index in [0.29, 0.717) is 0 Å². The van der Waals surface area contributed by atoms with Crippen LogP contribution in [0.25, 0.3) is 0 Å². The summed E-state index contributed by atoms with van der Waals surface area (Å²) in [6.07, 6.45) is 0.134. The number of nitrogens with one attached hydrogen (secondary N) is 1. The third-order valence-electron chi connectivity index (χ3n) is 3.02. The Morgan fingerprint density at radius 3 is 2.83 bits per heavy atom. The molecule has 1 saturated heterocycles. The SMILES string of the molecule is COc1cc(CN(C)C)cc(C2CNCCO2)c1. The van der Waals surface area contributed by atoms with Gasteiger partial charge >= 0.3 is 0 Å². The summed E-state index contributed by atoms with van der Waals surface area (Å²) in [6.45, 7) is 3.48. The summed E-state index contributed by atoms with van der Waals surface area (Å²) in [5.41, 5.74) is 2.45. The van der Waals surface area contributed by atoms with Gasteiger partial charge in [-0.25, -0.2) is 0 Å². The number of hydrogen-bond donors (Lipinski definition) is 1. The predicted molar refractivity (Wildman–Crippen MR) is 71.9 cm³/mol. The van der Waals surface area contributed by atoms with Crippen LogP contribution in [-0.4, -0.2) is 45.8 Å². The maximum absolute atomic E-state index is 5.79. The van der Waals surface area contributed by atoms with Gasteiger partial charge in [-0.15, -0.1) is 0 Å². The molecule has 1 N–H and O–H groups in total. The minimum Gasteiger partial charge on any atom is -0.497 e. The molecule has 100 valence electrons. The van der Waals surface area contributed by atoms with E-state index in [1.165, 1.54) is 11.1 Å². The molecule has 1 heterocycles. The number of rotatable bonds is 4. The van der Waals surface area contributed by atoms with Gasteiger partial charge in [0.05, 0.1) is 19.8 Å². The van der Waals surface area contributed by atoms with Gasteiger partial charge in [0.25, 0.3) is 0 Å². The van der Waals surface area contributed by atoms with E-state index < -0.39 is 0 Å². The van der Waals surface area contributed by atoms with Crippen molar-refractivity contribution in [3.63, 3.8) is 0 Å². The average Bonchev–Trinajstić information content (AvgIpc) is 2.38. The summed E-state index contributed by atoms with van der Waals surface area (Å²) in [5.74, 6) is 0.901. The second-order valence-electron chi connectivity index (χ2n) is 4.92. The van der Waals surface area contributed by atoms with E-state index in [1.807, 2.05) is 0 Å². The number of benzene rings is 1. The first kappa shape index (κ1) is 13.3. The lowest BCUT2D eigenvalue weighted by Gasteiger charge is -2.25. The highest BCUT2D eigenvalue weighted by Crippen LogP contribution is 2.25. The third-order valence-corrected chi connectivity index (χ3v) is 3.02. The topological polar surface area (TPSA) is 33.7 Å². The summed E-state index contributed by atoms with van der Waals surface area (Å²) in [5, 5.41) is 3.35. The monoisotopic (exact) mass is 250 g/mol. The predicted octanol–water partition coefficient (Wildman–Crippen LogP) is 1.42. The summed E-state index contributed by atoms with van der Waals surface area (Å²) in [4.78, 5) is 2.15. The zero-order valence-electron chi connectivity index (χ0n) is 11.4. The molecule has 0 bridgehead atoms. The molecule has 4 nitrogen and oxygen atoms in total. The highest BCUT2D eigenvalue weighted by Gasteiger charge is 2.17. The van der Waals surface area contributed by atoms with E-state index in [9.17, 15) is 0 Å². The van der Waals surface area contributed by atoms with E-state index in [1.54, 1.807) is 7.11 Å². The van der Waals surface area contributed by atoms with Crippen molar-refractivity contribution in [2.45, 2.75) is 12.6 Å². The first-order valence-electron chi connectivity index (χ1n) is 6.34.